The van der Waals surface area contributed by atoms with Crippen molar-refractivity contribution in [3.8, 4) is 11.5 Å². The molecular weight excluding hydrogens is 314 g/mol. The van der Waals surface area contributed by atoms with E-state index in [-0.39, 0.29) is 11.4 Å². The lowest BCUT2D eigenvalue weighted by molar-refractivity contribution is 0.337. The fourth-order valence-electron chi connectivity index (χ4n) is 2.21. The van der Waals surface area contributed by atoms with E-state index in [0.717, 1.165) is 11.1 Å². The van der Waals surface area contributed by atoms with Gasteiger partial charge in [-0.25, -0.2) is 13.1 Å². The molecule has 0 aliphatic heterocycles. The molecule has 23 heavy (non-hydrogen) atoms. The number of hydrogen-bond donors (Lipinski definition) is 1. The first kappa shape index (κ1) is 17.3. The minimum atomic E-state index is -3.60. The minimum Gasteiger partial charge on any atom is -0.496 e. The highest BCUT2D eigenvalue weighted by Gasteiger charge is 2.16. The molecule has 0 heterocycles. The van der Waals surface area contributed by atoms with E-state index in [0.29, 0.717) is 18.1 Å². The van der Waals surface area contributed by atoms with Gasteiger partial charge in [-0.15, -0.1) is 0 Å². The van der Waals surface area contributed by atoms with Crippen LogP contribution in [0.5, 0.6) is 11.5 Å². The molecule has 0 unspecified atom stereocenters. The summed E-state index contributed by atoms with van der Waals surface area (Å²) in [7, 11) is -2.04. The van der Waals surface area contributed by atoms with Crippen molar-refractivity contribution < 1.29 is 17.9 Å². The van der Waals surface area contributed by atoms with Crippen LogP contribution in [0.2, 0.25) is 0 Å². The summed E-state index contributed by atoms with van der Waals surface area (Å²) in [5.74, 6) is 1.34. The van der Waals surface area contributed by atoms with E-state index >= 15 is 0 Å². The number of rotatable bonds is 7. The number of para-hydroxylation sites is 1. The van der Waals surface area contributed by atoms with Crippen LogP contribution in [0.3, 0.4) is 0 Å². The van der Waals surface area contributed by atoms with Gasteiger partial charge in [-0.05, 0) is 43.7 Å². The topological polar surface area (TPSA) is 64.6 Å². The fraction of sp³-hybridized carbons (Fsp3) is 0.294. The molecule has 6 heteroatoms. The molecule has 2 rings (SSSR count). The summed E-state index contributed by atoms with van der Waals surface area (Å²) in [6.07, 6.45) is 0. The van der Waals surface area contributed by atoms with Crippen molar-refractivity contribution in [2.45, 2.75) is 25.3 Å². The molecule has 1 N–H and O–H groups in total. The summed E-state index contributed by atoms with van der Waals surface area (Å²) in [5.41, 5.74) is 1.56. The van der Waals surface area contributed by atoms with Crippen molar-refractivity contribution in [1.82, 2.24) is 4.72 Å². The molecule has 0 bridgehead atoms. The Morgan fingerprint density at radius 2 is 1.83 bits per heavy atom. The average Bonchev–Trinajstić information content (AvgIpc) is 2.55. The van der Waals surface area contributed by atoms with Gasteiger partial charge in [0, 0.05) is 12.1 Å². The van der Waals surface area contributed by atoms with E-state index in [1.165, 1.54) is 0 Å². The monoisotopic (exact) mass is 335 g/mol. The molecule has 0 saturated heterocycles. The summed E-state index contributed by atoms with van der Waals surface area (Å²) < 4.78 is 38.1. The molecule has 0 aromatic heterocycles. The van der Waals surface area contributed by atoms with Crippen molar-refractivity contribution in [2.24, 2.45) is 0 Å². The van der Waals surface area contributed by atoms with Crippen LogP contribution in [0.1, 0.15) is 18.1 Å². The first-order valence-corrected chi connectivity index (χ1v) is 8.81. The maximum atomic E-state index is 12.4. The van der Waals surface area contributed by atoms with Gasteiger partial charge in [0.05, 0.1) is 18.6 Å². The van der Waals surface area contributed by atoms with Gasteiger partial charge in [0.25, 0.3) is 0 Å². The summed E-state index contributed by atoms with van der Waals surface area (Å²) in [4.78, 5) is 0.216. The summed E-state index contributed by atoms with van der Waals surface area (Å²) in [6, 6.07) is 12.1. The predicted molar refractivity (Wildman–Crippen MR) is 89.4 cm³/mol. The Balaban J connectivity index is 2.17. The van der Waals surface area contributed by atoms with Gasteiger partial charge >= 0.3 is 0 Å². The molecule has 124 valence electrons. The quantitative estimate of drug-likeness (QED) is 0.845. The standard InChI is InChI=1S/C17H21NO4S/c1-4-22-16-10-9-15(11-13(16)2)23(19,20)18-12-14-7-5-6-8-17(14)21-3/h5-11,18H,4,12H2,1-3H3. The van der Waals surface area contributed by atoms with Gasteiger partial charge in [0.15, 0.2) is 0 Å². The van der Waals surface area contributed by atoms with E-state index in [1.807, 2.05) is 32.0 Å². The van der Waals surface area contributed by atoms with Crippen LogP contribution in [0, 0.1) is 6.92 Å². The van der Waals surface area contributed by atoms with Gasteiger partial charge in [-0.3, -0.25) is 0 Å². The van der Waals surface area contributed by atoms with E-state index < -0.39 is 10.0 Å². The molecule has 2 aromatic rings. The third-order valence-electron chi connectivity index (χ3n) is 3.40. The average molecular weight is 335 g/mol. The van der Waals surface area contributed by atoms with Crippen LogP contribution in [-0.2, 0) is 16.6 Å². The largest absolute Gasteiger partial charge is 0.496 e. The number of benzene rings is 2. The Hall–Kier alpha value is -2.05. The number of methoxy groups -OCH3 is 1. The second-order valence-corrected chi connectivity index (χ2v) is 6.76. The molecule has 0 atom stereocenters. The van der Waals surface area contributed by atoms with Gasteiger partial charge in [-0.2, -0.15) is 0 Å². The van der Waals surface area contributed by atoms with Gasteiger partial charge in [0.1, 0.15) is 11.5 Å². The molecule has 0 aliphatic carbocycles. The second-order valence-electron chi connectivity index (χ2n) is 5.00. The van der Waals surface area contributed by atoms with E-state index in [1.54, 1.807) is 31.4 Å². The lowest BCUT2D eigenvalue weighted by Gasteiger charge is -2.12. The minimum absolute atomic E-state index is 0.165. The van der Waals surface area contributed by atoms with E-state index in [9.17, 15) is 8.42 Å². The van der Waals surface area contributed by atoms with Crippen molar-refractivity contribution in [1.29, 1.82) is 0 Å². The Bertz CT molecular complexity index is 772. The zero-order chi connectivity index (χ0) is 16.9. The SMILES string of the molecule is CCOc1ccc(S(=O)(=O)NCc2ccccc2OC)cc1C. The smallest absolute Gasteiger partial charge is 0.240 e. The van der Waals surface area contributed by atoms with E-state index in [4.69, 9.17) is 9.47 Å². The Kier molecular flexibility index (Phi) is 5.63. The molecule has 0 saturated carbocycles. The Labute approximate surface area is 137 Å². The van der Waals surface area contributed by atoms with Crippen molar-refractivity contribution in [3.63, 3.8) is 0 Å². The highest BCUT2D eigenvalue weighted by molar-refractivity contribution is 7.89. The maximum Gasteiger partial charge on any atom is 0.240 e. The lowest BCUT2D eigenvalue weighted by atomic mass is 10.2. The summed E-state index contributed by atoms with van der Waals surface area (Å²) >= 11 is 0. The highest BCUT2D eigenvalue weighted by atomic mass is 32.2. The number of aryl methyl sites for hydroxylation is 1. The lowest BCUT2D eigenvalue weighted by Crippen LogP contribution is -2.23. The van der Waals surface area contributed by atoms with Crippen LogP contribution in [0.25, 0.3) is 0 Å². The van der Waals surface area contributed by atoms with Crippen molar-refractivity contribution >= 4 is 10.0 Å². The zero-order valence-electron chi connectivity index (χ0n) is 13.5. The van der Waals surface area contributed by atoms with Crippen molar-refractivity contribution in [2.75, 3.05) is 13.7 Å². The normalized spacial score (nSPS) is 11.3. The predicted octanol–water partition coefficient (Wildman–Crippen LogP) is 2.88. The molecule has 2 aromatic carbocycles. The molecule has 0 radical (unpaired) electrons. The molecule has 0 amide bonds. The molecule has 0 aliphatic rings. The molecule has 0 fully saturated rings. The van der Waals surface area contributed by atoms with Crippen LogP contribution >= 0.6 is 0 Å². The number of nitrogens with one attached hydrogen (secondary N) is 1. The fourth-order valence-corrected chi connectivity index (χ4v) is 3.30. The zero-order valence-corrected chi connectivity index (χ0v) is 14.3. The first-order valence-electron chi connectivity index (χ1n) is 7.33. The number of hydrogen-bond acceptors (Lipinski definition) is 4. The van der Waals surface area contributed by atoms with Crippen LogP contribution in [0.4, 0.5) is 0 Å². The Morgan fingerprint density at radius 3 is 2.48 bits per heavy atom. The molecular formula is C17H21NO4S. The second kappa shape index (κ2) is 7.48. The highest BCUT2D eigenvalue weighted by Crippen LogP contribution is 2.22. The van der Waals surface area contributed by atoms with Gasteiger partial charge in [-0.1, -0.05) is 18.2 Å². The molecule has 5 nitrogen and oxygen atoms in total. The van der Waals surface area contributed by atoms with Crippen LogP contribution < -0.4 is 14.2 Å². The summed E-state index contributed by atoms with van der Waals surface area (Å²) in [6.45, 7) is 4.42. The van der Waals surface area contributed by atoms with Crippen LogP contribution in [0.15, 0.2) is 47.4 Å². The third kappa shape index (κ3) is 4.24. The maximum absolute atomic E-state index is 12.4. The van der Waals surface area contributed by atoms with Crippen LogP contribution in [-0.4, -0.2) is 22.1 Å². The third-order valence-corrected chi connectivity index (χ3v) is 4.80. The van der Waals surface area contributed by atoms with Gasteiger partial charge < -0.3 is 9.47 Å². The Morgan fingerprint density at radius 1 is 1.09 bits per heavy atom. The van der Waals surface area contributed by atoms with Gasteiger partial charge in [0.2, 0.25) is 10.0 Å². The van der Waals surface area contributed by atoms with Crippen molar-refractivity contribution in [3.05, 3.63) is 53.6 Å². The van der Waals surface area contributed by atoms with E-state index in [2.05, 4.69) is 4.72 Å². The first-order chi connectivity index (χ1) is 11.0. The summed E-state index contributed by atoms with van der Waals surface area (Å²) in [5, 5.41) is 0. The number of sulfonamides is 1. The molecule has 0 spiro atoms. The number of ether oxygens (including phenoxy) is 2.